The fraction of sp³-hybridized carbons (Fsp3) is 0.320. The highest BCUT2D eigenvalue weighted by atomic mass is 16.5. The molecule has 1 atom stereocenters. The lowest BCUT2D eigenvalue weighted by atomic mass is 9.97. The van der Waals surface area contributed by atoms with Gasteiger partial charge < -0.3 is 15.0 Å². The van der Waals surface area contributed by atoms with Crippen molar-refractivity contribution < 1.29 is 19.1 Å². The molecule has 0 saturated carbocycles. The number of anilines is 2. The Bertz CT molecular complexity index is 1090. The van der Waals surface area contributed by atoms with Crippen LogP contribution in [0.4, 0.5) is 11.4 Å². The molecule has 32 heavy (non-hydrogen) atoms. The molecule has 0 aromatic heterocycles. The highest BCUT2D eigenvalue weighted by Gasteiger charge is 2.43. The Balaban J connectivity index is 1.79. The van der Waals surface area contributed by atoms with E-state index in [-0.39, 0.29) is 17.7 Å². The largest absolute Gasteiger partial charge is 0.496 e. The fourth-order valence-electron chi connectivity index (χ4n) is 4.43. The third-order valence-corrected chi connectivity index (χ3v) is 5.85. The lowest BCUT2D eigenvalue weighted by Gasteiger charge is -2.33. The maximum atomic E-state index is 13.7. The minimum Gasteiger partial charge on any atom is -0.496 e. The number of amides is 3. The summed E-state index contributed by atoms with van der Waals surface area (Å²) < 4.78 is 5.52. The van der Waals surface area contributed by atoms with Crippen molar-refractivity contribution in [3.05, 3.63) is 59.8 Å². The van der Waals surface area contributed by atoms with Gasteiger partial charge in [0.1, 0.15) is 11.4 Å². The number of ether oxygens (including phenoxy) is 1. The van der Waals surface area contributed by atoms with Crippen LogP contribution in [0.5, 0.6) is 5.75 Å². The molecule has 0 aliphatic carbocycles. The summed E-state index contributed by atoms with van der Waals surface area (Å²) >= 11 is 0. The number of para-hydroxylation sites is 1. The van der Waals surface area contributed by atoms with Crippen LogP contribution in [0.25, 0.3) is 5.57 Å². The van der Waals surface area contributed by atoms with E-state index in [0.717, 1.165) is 25.9 Å². The molecule has 0 spiro atoms. The fourth-order valence-corrected chi connectivity index (χ4v) is 4.43. The smallest absolute Gasteiger partial charge is 0.282 e. The number of hydrogen-bond donors (Lipinski definition) is 1. The predicted octanol–water partition coefficient (Wildman–Crippen LogP) is 3.67. The van der Waals surface area contributed by atoms with Crippen LogP contribution >= 0.6 is 0 Å². The molecule has 1 saturated heterocycles. The number of piperidine rings is 1. The number of nitrogens with zero attached hydrogens (tertiary/aromatic N) is 2. The average Bonchev–Trinajstić information content (AvgIpc) is 3.04. The van der Waals surface area contributed by atoms with E-state index in [1.807, 2.05) is 23.1 Å². The zero-order chi connectivity index (χ0) is 22.8. The number of benzene rings is 2. The minimum absolute atomic E-state index is 0.187. The van der Waals surface area contributed by atoms with E-state index in [2.05, 4.69) is 12.2 Å². The maximum absolute atomic E-state index is 13.7. The molecule has 4 rings (SSSR count). The summed E-state index contributed by atoms with van der Waals surface area (Å²) in [7, 11) is 1.56. The first-order valence-electron chi connectivity index (χ1n) is 10.8. The van der Waals surface area contributed by atoms with Crippen molar-refractivity contribution in [3.63, 3.8) is 0 Å². The van der Waals surface area contributed by atoms with Gasteiger partial charge in [-0.25, -0.2) is 4.90 Å². The Morgan fingerprint density at radius 3 is 2.44 bits per heavy atom. The van der Waals surface area contributed by atoms with E-state index < -0.39 is 0 Å². The van der Waals surface area contributed by atoms with Gasteiger partial charge in [0.25, 0.3) is 11.8 Å². The number of carbonyl (C=O) groups excluding carboxylic acids is 3. The lowest BCUT2D eigenvalue weighted by molar-refractivity contribution is -0.121. The summed E-state index contributed by atoms with van der Waals surface area (Å²) in [6, 6.07) is 14.0. The molecule has 0 radical (unpaired) electrons. The molecule has 1 N–H and O–H groups in total. The summed E-state index contributed by atoms with van der Waals surface area (Å²) in [6.07, 6.45) is 2.07. The normalized spacial score (nSPS) is 18.9. The molecule has 2 aromatic rings. The number of rotatable bonds is 5. The van der Waals surface area contributed by atoms with Gasteiger partial charge in [-0.15, -0.1) is 0 Å². The maximum Gasteiger partial charge on any atom is 0.282 e. The van der Waals surface area contributed by atoms with Crippen LogP contribution in [0, 0.1) is 5.92 Å². The molecule has 7 nitrogen and oxygen atoms in total. The van der Waals surface area contributed by atoms with Crippen molar-refractivity contribution in [3.8, 4) is 5.75 Å². The Hall–Kier alpha value is -3.61. The van der Waals surface area contributed by atoms with E-state index in [4.69, 9.17) is 4.74 Å². The van der Waals surface area contributed by atoms with Crippen molar-refractivity contribution in [1.82, 2.24) is 4.90 Å². The minimum atomic E-state index is -0.375. The summed E-state index contributed by atoms with van der Waals surface area (Å²) in [4.78, 5) is 41.9. The van der Waals surface area contributed by atoms with Gasteiger partial charge >= 0.3 is 0 Å². The highest BCUT2D eigenvalue weighted by Crippen LogP contribution is 2.39. The number of nitrogens with one attached hydrogen (secondary N) is 1. The molecule has 1 fully saturated rings. The monoisotopic (exact) mass is 433 g/mol. The lowest BCUT2D eigenvalue weighted by Crippen LogP contribution is -2.39. The van der Waals surface area contributed by atoms with Gasteiger partial charge in [-0.2, -0.15) is 0 Å². The third kappa shape index (κ3) is 3.98. The Labute approximate surface area is 187 Å². The van der Waals surface area contributed by atoms with E-state index in [0.29, 0.717) is 39.9 Å². The second kappa shape index (κ2) is 8.86. The van der Waals surface area contributed by atoms with Crippen molar-refractivity contribution in [2.24, 2.45) is 5.92 Å². The van der Waals surface area contributed by atoms with Crippen molar-refractivity contribution in [2.45, 2.75) is 26.7 Å². The van der Waals surface area contributed by atoms with E-state index in [1.165, 1.54) is 11.8 Å². The highest BCUT2D eigenvalue weighted by molar-refractivity contribution is 6.45. The molecule has 166 valence electrons. The van der Waals surface area contributed by atoms with Crippen LogP contribution in [-0.4, -0.2) is 42.8 Å². The summed E-state index contributed by atoms with van der Waals surface area (Å²) in [5.41, 5.74) is 2.47. The molecule has 3 amide bonds. The molecule has 2 aliphatic rings. The van der Waals surface area contributed by atoms with E-state index >= 15 is 0 Å². The Morgan fingerprint density at radius 1 is 1.06 bits per heavy atom. The number of likely N-dealkylation sites (tertiary alicyclic amines) is 1. The predicted molar refractivity (Wildman–Crippen MR) is 123 cm³/mol. The van der Waals surface area contributed by atoms with Crippen LogP contribution in [0.1, 0.15) is 32.3 Å². The molecule has 2 heterocycles. The number of hydrogen-bond acceptors (Lipinski definition) is 5. The summed E-state index contributed by atoms with van der Waals surface area (Å²) in [5, 5.41) is 2.70. The van der Waals surface area contributed by atoms with Crippen LogP contribution in [0.3, 0.4) is 0 Å². The van der Waals surface area contributed by atoms with Gasteiger partial charge in [-0.1, -0.05) is 25.1 Å². The Kier molecular flexibility index (Phi) is 5.99. The first kappa shape index (κ1) is 21.6. The van der Waals surface area contributed by atoms with Gasteiger partial charge in [0, 0.05) is 31.3 Å². The second-order valence-electron chi connectivity index (χ2n) is 8.29. The molecular weight excluding hydrogens is 406 g/mol. The van der Waals surface area contributed by atoms with Crippen LogP contribution in [0.15, 0.2) is 54.2 Å². The molecule has 0 bridgehead atoms. The molecule has 1 unspecified atom stereocenters. The van der Waals surface area contributed by atoms with Gasteiger partial charge in [-0.3, -0.25) is 14.4 Å². The van der Waals surface area contributed by atoms with Crippen molar-refractivity contribution in [1.29, 1.82) is 0 Å². The molecule has 2 aromatic carbocycles. The van der Waals surface area contributed by atoms with Gasteiger partial charge in [0.15, 0.2) is 0 Å². The topological polar surface area (TPSA) is 79.0 Å². The summed E-state index contributed by atoms with van der Waals surface area (Å²) in [6.45, 7) is 5.04. The van der Waals surface area contributed by atoms with Crippen molar-refractivity contribution in [2.75, 3.05) is 30.4 Å². The first-order chi connectivity index (χ1) is 15.4. The average molecular weight is 434 g/mol. The standard InChI is InChI=1S/C25H27N3O4/c1-16-7-6-14-27(15-16)23-22(20-8-4-5-9-21(20)32-3)24(30)28(25(23)31)19-12-10-18(11-13-19)26-17(2)29/h4-5,8-13,16H,6-7,14-15H2,1-3H3,(H,26,29). The second-order valence-corrected chi connectivity index (χ2v) is 8.29. The molecule has 2 aliphatic heterocycles. The van der Waals surface area contributed by atoms with Crippen LogP contribution < -0.4 is 15.0 Å². The quantitative estimate of drug-likeness (QED) is 0.728. The first-order valence-corrected chi connectivity index (χ1v) is 10.8. The van der Waals surface area contributed by atoms with E-state index in [1.54, 1.807) is 37.4 Å². The van der Waals surface area contributed by atoms with Gasteiger partial charge in [-0.05, 0) is 49.1 Å². The third-order valence-electron chi connectivity index (χ3n) is 5.85. The number of methoxy groups -OCH3 is 1. The Morgan fingerprint density at radius 2 is 1.78 bits per heavy atom. The zero-order valence-electron chi connectivity index (χ0n) is 18.6. The van der Waals surface area contributed by atoms with Crippen LogP contribution in [0.2, 0.25) is 0 Å². The van der Waals surface area contributed by atoms with Crippen molar-refractivity contribution >= 4 is 34.7 Å². The SMILES string of the molecule is COc1ccccc1C1=C(N2CCCC(C)C2)C(=O)N(c2ccc(NC(C)=O)cc2)C1=O. The van der Waals surface area contributed by atoms with Crippen LogP contribution in [-0.2, 0) is 14.4 Å². The number of imide groups is 1. The zero-order valence-corrected chi connectivity index (χ0v) is 18.6. The van der Waals surface area contributed by atoms with Gasteiger partial charge in [0.2, 0.25) is 5.91 Å². The summed E-state index contributed by atoms with van der Waals surface area (Å²) in [5.74, 6) is 0.0862. The number of carbonyl (C=O) groups is 3. The van der Waals surface area contributed by atoms with Gasteiger partial charge in [0.05, 0.1) is 18.4 Å². The molecule has 7 heteroatoms. The molecular formula is C25H27N3O4. The van der Waals surface area contributed by atoms with E-state index in [9.17, 15) is 14.4 Å².